The third-order valence-electron chi connectivity index (χ3n) is 2.35. The van der Waals surface area contributed by atoms with E-state index in [0.29, 0.717) is 9.61 Å². The standard InChI is InChI=1S/C10H11Cl5S/c11-7(9(13)14)8(12)10(15)16-6-4-2-1-3-5-6/h6H,1-5H2/b10-8-. The van der Waals surface area contributed by atoms with E-state index in [1.807, 2.05) is 0 Å². The van der Waals surface area contributed by atoms with Crippen LogP contribution in [0.5, 0.6) is 0 Å². The van der Waals surface area contributed by atoms with Crippen molar-refractivity contribution < 1.29 is 0 Å². The second-order valence-corrected chi connectivity index (χ2v) is 7.16. The lowest BCUT2D eigenvalue weighted by atomic mass is 10.0. The monoisotopic (exact) mass is 338 g/mol. The third-order valence-corrected chi connectivity index (χ3v) is 5.66. The zero-order valence-corrected chi connectivity index (χ0v) is 13.0. The summed E-state index contributed by atoms with van der Waals surface area (Å²) in [7, 11) is 0. The van der Waals surface area contributed by atoms with Gasteiger partial charge in [-0.15, -0.1) is 11.8 Å². The summed E-state index contributed by atoms with van der Waals surface area (Å²) in [5.41, 5.74) is 0. The first-order valence-electron chi connectivity index (χ1n) is 4.95. The summed E-state index contributed by atoms with van der Waals surface area (Å²) in [5.74, 6) is 0. The molecule has 92 valence electrons. The summed E-state index contributed by atoms with van der Waals surface area (Å²) in [6, 6.07) is 0. The van der Waals surface area contributed by atoms with Gasteiger partial charge in [0.25, 0.3) is 0 Å². The summed E-state index contributed by atoms with van der Waals surface area (Å²) < 4.78 is 0.409. The number of hydrogen-bond acceptors (Lipinski definition) is 1. The molecule has 0 bridgehead atoms. The van der Waals surface area contributed by atoms with Crippen molar-refractivity contribution in [1.82, 2.24) is 0 Å². The number of hydrogen-bond donors (Lipinski definition) is 0. The van der Waals surface area contributed by atoms with Gasteiger partial charge >= 0.3 is 0 Å². The quantitative estimate of drug-likeness (QED) is 0.523. The molecular formula is C10H11Cl5S. The number of thioether (sulfide) groups is 1. The molecule has 0 heterocycles. The van der Waals surface area contributed by atoms with E-state index in [1.54, 1.807) is 11.8 Å². The van der Waals surface area contributed by atoms with Gasteiger partial charge < -0.3 is 0 Å². The zero-order chi connectivity index (χ0) is 12.1. The summed E-state index contributed by atoms with van der Waals surface area (Å²) in [6.45, 7) is 0. The Bertz CT molecular complexity index is 300. The van der Waals surface area contributed by atoms with Gasteiger partial charge in [-0.25, -0.2) is 0 Å². The topological polar surface area (TPSA) is 0 Å². The Hall–Kier alpha value is 1.28. The summed E-state index contributed by atoms with van der Waals surface area (Å²) in [5, 5.41) is 0.866. The fourth-order valence-electron chi connectivity index (χ4n) is 1.55. The SMILES string of the molecule is ClC(Cl)=C(Cl)/C(Cl)=C(\Cl)SC1CCCCC1. The highest BCUT2D eigenvalue weighted by Crippen LogP contribution is 2.41. The van der Waals surface area contributed by atoms with Gasteiger partial charge in [-0.05, 0) is 12.8 Å². The summed E-state index contributed by atoms with van der Waals surface area (Å²) in [6.07, 6.45) is 6.14. The Labute approximate surface area is 125 Å². The van der Waals surface area contributed by atoms with Crippen molar-refractivity contribution in [3.05, 3.63) is 18.9 Å². The van der Waals surface area contributed by atoms with Crippen LogP contribution in [0.2, 0.25) is 0 Å². The van der Waals surface area contributed by atoms with Crippen LogP contribution in [0.3, 0.4) is 0 Å². The molecule has 0 aromatic heterocycles. The molecule has 0 radical (unpaired) electrons. The Kier molecular flexibility index (Phi) is 7.34. The minimum atomic E-state index is -0.0611. The molecule has 0 spiro atoms. The van der Waals surface area contributed by atoms with E-state index in [9.17, 15) is 0 Å². The minimum absolute atomic E-state index is 0.0611. The Morgan fingerprint density at radius 1 is 0.812 bits per heavy atom. The van der Waals surface area contributed by atoms with Crippen molar-refractivity contribution in [2.45, 2.75) is 37.4 Å². The van der Waals surface area contributed by atoms with Crippen molar-refractivity contribution in [2.75, 3.05) is 0 Å². The molecule has 0 aromatic carbocycles. The molecule has 1 rings (SSSR count). The van der Waals surface area contributed by atoms with Gasteiger partial charge in [-0.2, -0.15) is 0 Å². The van der Waals surface area contributed by atoms with Gasteiger partial charge in [0.1, 0.15) is 4.49 Å². The van der Waals surface area contributed by atoms with Gasteiger partial charge in [0.05, 0.1) is 14.4 Å². The van der Waals surface area contributed by atoms with Crippen LogP contribution >= 0.6 is 69.8 Å². The predicted octanol–water partition coefficient (Wildman–Crippen LogP) is 6.58. The summed E-state index contributed by atoms with van der Waals surface area (Å²) in [4.78, 5) is 0. The van der Waals surface area contributed by atoms with Crippen LogP contribution in [0.15, 0.2) is 18.9 Å². The van der Waals surface area contributed by atoms with Crippen LogP contribution in [0, 0.1) is 0 Å². The lowest BCUT2D eigenvalue weighted by Crippen LogP contribution is -2.07. The van der Waals surface area contributed by atoms with E-state index in [2.05, 4.69) is 0 Å². The average molecular weight is 341 g/mol. The molecule has 0 amide bonds. The average Bonchev–Trinajstić information content (AvgIpc) is 2.28. The first kappa shape index (κ1) is 15.3. The highest BCUT2D eigenvalue weighted by molar-refractivity contribution is 8.05. The molecule has 0 saturated heterocycles. The lowest BCUT2D eigenvalue weighted by Gasteiger charge is -2.20. The second kappa shape index (κ2) is 7.66. The lowest BCUT2D eigenvalue weighted by molar-refractivity contribution is 0.517. The van der Waals surface area contributed by atoms with Crippen LogP contribution < -0.4 is 0 Å². The molecule has 16 heavy (non-hydrogen) atoms. The molecule has 6 heteroatoms. The fraction of sp³-hybridized carbons (Fsp3) is 0.600. The van der Waals surface area contributed by atoms with Gasteiger partial charge in [0.2, 0.25) is 0 Å². The molecule has 0 aliphatic heterocycles. The molecule has 1 fully saturated rings. The van der Waals surface area contributed by atoms with E-state index in [-0.39, 0.29) is 14.6 Å². The number of halogens is 5. The highest BCUT2D eigenvalue weighted by Gasteiger charge is 2.18. The fourth-order valence-corrected chi connectivity index (χ4v) is 3.80. The van der Waals surface area contributed by atoms with Crippen LogP contribution in [0.4, 0.5) is 0 Å². The van der Waals surface area contributed by atoms with E-state index in [0.717, 1.165) is 0 Å². The minimum Gasteiger partial charge on any atom is -0.109 e. The highest BCUT2D eigenvalue weighted by atomic mass is 35.5. The molecule has 0 N–H and O–H groups in total. The number of rotatable bonds is 3. The summed E-state index contributed by atoms with van der Waals surface area (Å²) >= 11 is 30.5. The van der Waals surface area contributed by atoms with Gasteiger partial charge in [0.15, 0.2) is 0 Å². The molecular weight excluding hydrogens is 329 g/mol. The van der Waals surface area contributed by atoms with Crippen molar-refractivity contribution in [1.29, 1.82) is 0 Å². The van der Waals surface area contributed by atoms with Gasteiger partial charge in [-0.1, -0.05) is 77.3 Å². The molecule has 0 atom stereocenters. The normalized spacial score (nSPS) is 19.3. The Morgan fingerprint density at radius 2 is 1.38 bits per heavy atom. The number of allylic oxidation sites excluding steroid dienone is 2. The predicted molar refractivity (Wildman–Crippen MR) is 77.8 cm³/mol. The Balaban J connectivity index is 2.65. The van der Waals surface area contributed by atoms with E-state index in [4.69, 9.17) is 58.0 Å². The van der Waals surface area contributed by atoms with Crippen LogP contribution in [-0.2, 0) is 0 Å². The molecule has 1 aliphatic carbocycles. The first-order chi connectivity index (χ1) is 7.52. The smallest absolute Gasteiger partial charge is 0.109 e. The van der Waals surface area contributed by atoms with Gasteiger partial charge in [0, 0.05) is 5.25 Å². The second-order valence-electron chi connectivity index (χ2n) is 3.54. The molecule has 1 saturated carbocycles. The molecule has 0 unspecified atom stereocenters. The molecule has 0 aromatic rings. The van der Waals surface area contributed by atoms with E-state index in [1.165, 1.54) is 32.1 Å². The van der Waals surface area contributed by atoms with Crippen LogP contribution in [0.25, 0.3) is 0 Å². The maximum atomic E-state index is 6.08. The Morgan fingerprint density at radius 3 is 1.88 bits per heavy atom. The maximum Gasteiger partial charge on any atom is 0.127 e. The van der Waals surface area contributed by atoms with Crippen molar-refractivity contribution in [3.63, 3.8) is 0 Å². The van der Waals surface area contributed by atoms with Crippen molar-refractivity contribution in [3.8, 4) is 0 Å². The molecule has 1 aliphatic rings. The maximum absolute atomic E-state index is 6.08. The first-order valence-corrected chi connectivity index (χ1v) is 7.72. The largest absolute Gasteiger partial charge is 0.127 e. The molecule has 0 nitrogen and oxygen atoms in total. The van der Waals surface area contributed by atoms with Crippen molar-refractivity contribution in [2.24, 2.45) is 0 Å². The van der Waals surface area contributed by atoms with Crippen LogP contribution in [0.1, 0.15) is 32.1 Å². The third kappa shape index (κ3) is 4.88. The van der Waals surface area contributed by atoms with Crippen molar-refractivity contribution >= 4 is 69.8 Å². The van der Waals surface area contributed by atoms with E-state index >= 15 is 0 Å². The van der Waals surface area contributed by atoms with Crippen LogP contribution in [-0.4, -0.2) is 5.25 Å². The zero-order valence-electron chi connectivity index (χ0n) is 8.41. The van der Waals surface area contributed by atoms with Gasteiger partial charge in [-0.3, -0.25) is 0 Å². The van der Waals surface area contributed by atoms with E-state index < -0.39 is 0 Å².